The lowest BCUT2D eigenvalue weighted by Crippen LogP contribution is -2.29. The van der Waals surface area contributed by atoms with Crippen LogP contribution < -0.4 is 5.56 Å². The molecule has 1 unspecified atom stereocenters. The van der Waals surface area contributed by atoms with Crippen molar-refractivity contribution in [2.45, 2.75) is 26.3 Å². The molecule has 4 nitrogen and oxygen atoms in total. The van der Waals surface area contributed by atoms with Gasteiger partial charge in [0.05, 0.1) is 10.6 Å². The molecule has 0 saturated carbocycles. The maximum atomic E-state index is 12.3. The lowest BCUT2D eigenvalue weighted by molar-refractivity contribution is 0.0694. The number of aromatic nitrogens is 1. The second-order valence-electron chi connectivity index (χ2n) is 4.35. The first kappa shape index (κ1) is 13.5. The molecule has 19 heavy (non-hydrogen) atoms. The molecule has 2 heterocycles. The van der Waals surface area contributed by atoms with E-state index < -0.39 is 11.5 Å². The van der Waals surface area contributed by atoms with E-state index in [9.17, 15) is 9.59 Å². The number of aromatic carboxylic acids is 1. The Morgan fingerprint density at radius 3 is 2.68 bits per heavy atom. The molecule has 100 valence electrons. The fourth-order valence-electron chi connectivity index (χ4n) is 1.96. The van der Waals surface area contributed by atoms with Crippen LogP contribution in [0.4, 0.5) is 0 Å². The summed E-state index contributed by atoms with van der Waals surface area (Å²) in [6.07, 6.45) is 0.765. The van der Waals surface area contributed by atoms with Crippen molar-refractivity contribution in [1.82, 2.24) is 4.57 Å². The van der Waals surface area contributed by atoms with Gasteiger partial charge in [-0.05, 0) is 36.9 Å². The molecule has 0 radical (unpaired) electrons. The maximum absolute atomic E-state index is 12.3. The van der Waals surface area contributed by atoms with E-state index >= 15 is 0 Å². The molecule has 0 aliphatic rings. The molecule has 0 aliphatic heterocycles. The van der Waals surface area contributed by atoms with Crippen LogP contribution in [0.2, 0.25) is 0 Å². The van der Waals surface area contributed by atoms with Gasteiger partial charge in [0.25, 0.3) is 5.56 Å². The number of carboxylic acids is 1. The topological polar surface area (TPSA) is 59.3 Å². The Hall–Kier alpha value is -1.88. The number of hydrogen-bond donors (Lipinski definition) is 1. The summed E-state index contributed by atoms with van der Waals surface area (Å²) in [5.74, 6) is -1.18. The van der Waals surface area contributed by atoms with Gasteiger partial charge in [-0.25, -0.2) is 4.79 Å². The Bertz CT molecular complexity index is 643. The number of carboxylic acid groups (broad SMARTS) is 1. The average Bonchev–Trinajstić information content (AvgIpc) is 2.90. The summed E-state index contributed by atoms with van der Waals surface area (Å²) < 4.78 is 1.58. The van der Waals surface area contributed by atoms with Gasteiger partial charge in [0, 0.05) is 6.04 Å². The quantitative estimate of drug-likeness (QED) is 0.933. The minimum atomic E-state index is -1.18. The van der Waals surface area contributed by atoms with Gasteiger partial charge < -0.3 is 9.67 Å². The van der Waals surface area contributed by atoms with Crippen LogP contribution in [0.5, 0.6) is 0 Å². The lowest BCUT2D eigenvalue weighted by atomic mass is 10.1. The summed E-state index contributed by atoms with van der Waals surface area (Å²) in [7, 11) is 0. The highest BCUT2D eigenvalue weighted by Crippen LogP contribution is 2.26. The van der Waals surface area contributed by atoms with Crippen LogP contribution in [-0.4, -0.2) is 15.6 Å². The van der Waals surface area contributed by atoms with E-state index in [0.29, 0.717) is 0 Å². The van der Waals surface area contributed by atoms with Gasteiger partial charge in [-0.2, -0.15) is 0 Å². The van der Waals surface area contributed by atoms with Gasteiger partial charge in [-0.3, -0.25) is 4.79 Å². The minimum absolute atomic E-state index is 0.0381. The summed E-state index contributed by atoms with van der Waals surface area (Å²) in [4.78, 5) is 24.4. The Morgan fingerprint density at radius 2 is 2.16 bits per heavy atom. The normalized spacial score (nSPS) is 12.3. The SMILES string of the molecule is CCC(C)n1c(-c2cccs2)ccc(C(=O)O)c1=O. The van der Waals surface area contributed by atoms with Crippen molar-refractivity contribution in [2.75, 3.05) is 0 Å². The third-order valence-corrected chi connectivity index (χ3v) is 4.04. The van der Waals surface area contributed by atoms with E-state index in [1.165, 1.54) is 17.4 Å². The number of rotatable bonds is 4. The van der Waals surface area contributed by atoms with Crippen LogP contribution >= 0.6 is 11.3 Å². The zero-order chi connectivity index (χ0) is 14.0. The molecule has 2 aromatic rings. The average molecular weight is 277 g/mol. The highest BCUT2D eigenvalue weighted by molar-refractivity contribution is 7.13. The maximum Gasteiger partial charge on any atom is 0.341 e. The van der Waals surface area contributed by atoms with Crippen molar-refractivity contribution in [1.29, 1.82) is 0 Å². The Morgan fingerprint density at radius 1 is 1.42 bits per heavy atom. The number of thiophene rings is 1. The van der Waals surface area contributed by atoms with Crippen molar-refractivity contribution in [2.24, 2.45) is 0 Å². The second kappa shape index (κ2) is 5.40. The van der Waals surface area contributed by atoms with Crippen molar-refractivity contribution in [3.63, 3.8) is 0 Å². The van der Waals surface area contributed by atoms with E-state index in [0.717, 1.165) is 17.0 Å². The monoisotopic (exact) mass is 277 g/mol. The molecule has 0 amide bonds. The lowest BCUT2D eigenvalue weighted by Gasteiger charge is -2.18. The van der Waals surface area contributed by atoms with E-state index in [1.807, 2.05) is 31.4 Å². The summed E-state index contributed by atoms with van der Waals surface area (Å²) in [6.45, 7) is 3.90. The first-order valence-electron chi connectivity index (χ1n) is 6.09. The van der Waals surface area contributed by atoms with E-state index in [4.69, 9.17) is 5.11 Å². The van der Waals surface area contributed by atoms with Gasteiger partial charge in [-0.15, -0.1) is 11.3 Å². The first-order valence-corrected chi connectivity index (χ1v) is 6.97. The minimum Gasteiger partial charge on any atom is -0.477 e. The largest absolute Gasteiger partial charge is 0.477 e. The predicted octanol–water partition coefficient (Wildman–Crippen LogP) is 3.25. The molecule has 2 aromatic heterocycles. The van der Waals surface area contributed by atoms with Gasteiger partial charge in [0.15, 0.2) is 0 Å². The predicted molar refractivity (Wildman–Crippen MR) is 76.0 cm³/mol. The van der Waals surface area contributed by atoms with Crippen LogP contribution in [0.3, 0.4) is 0 Å². The van der Waals surface area contributed by atoms with Crippen molar-refractivity contribution >= 4 is 17.3 Å². The summed E-state index contributed by atoms with van der Waals surface area (Å²) >= 11 is 1.53. The zero-order valence-electron chi connectivity index (χ0n) is 10.8. The van der Waals surface area contributed by atoms with Crippen LogP contribution in [-0.2, 0) is 0 Å². The molecule has 5 heteroatoms. The fraction of sp³-hybridized carbons (Fsp3) is 0.286. The highest BCUT2D eigenvalue weighted by atomic mass is 32.1. The van der Waals surface area contributed by atoms with Gasteiger partial charge >= 0.3 is 5.97 Å². The smallest absolute Gasteiger partial charge is 0.341 e. The molecule has 1 atom stereocenters. The Kier molecular flexibility index (Phi) is 3.85. The summed E-state index contributed by atoms with van der Waals surface area (Å²) in [5.41, 5.74) is 0.160. The van der Waals surface area contributed by atoms with Gasteiger partial charge in [-0.1, -0.05) is 13.0 Å². The molecule has 0 fully saturated rings. The Labute approximate surface area is 115 Å². The van der Waals surface area contributed by atoms with Gasteiger partial charge in [0.2, 0.25) is 0 Å². The zero-order valence-corrected chi connectivity index (χ0v) is 11.6. The van der Waals surface area contributed by atoms with Crippen molar-refractivity contribution in [3.8, 4) is 10.6 Å². The molecule has 0 aromatic carbocycles. The second-order valence-corrected chi connectivity index (χ2v) is 5.29. The molecule has 0 spiro atoms. The molecule has 0 bridgehead atoms. The number of hydrogen-bond acceptors (Lipinski definition) is 3. The third-order valence-electron chi connectivity index (χ3n) is 3.15. The third kappa shape index (κ3) is 2.46. The number of carbonyl (C=O) groups is 1. The van der Waals surface area contributed by atoms with Crippen LogP contribution in [0.15, 0.2) is 34.4 Å². The van der Waals surface area contributed by atoms with Crippen molar-refractivity contribution in [3.05, 3.63) is 45.6 Å². The molecule has 1 N–H and O–H groups in total. The van der Waals surface area contributed by atoms with Crippen LogP contribution in [0.25, 0.3) is 10.6 Å². The van der Waals surface area contributed by atoms with E-state index in [1.54, 1.807) is 10.6 Å². The fourth-order valence-corrected chi connectivity index (χ4v) is 2.71. The summed E-state index contributed by atoms with van der Waals surface area (Å²) in [6, 6.07) is 6.90. The Balaban J connectivity index is 2.72. The van der Waals surface area contributed by atoms with Gasteiger partial charge in [0.1, 0.15) is 5.56 Å². The van der Waals surface area contributed by atoms with E-state index in [-0.39, 0.29) is 11.6 Å². The number of nitrogens with zero attached hydrogens (tertiary/aromatic N) is 1. The first-order chi connectivity index (χ1) is 9.06. The molecule has 0 aliphatic carbocycles. The van der Waals surface area contributed by atoms with Crippen LogP contribution in [0, 0.1) is 0 Å². The highest BCUT2D eigenvalue weighted by Gasteiger charge is 2.18. The van der Waals surface area contributed by atoms with Crippen LogP contribution in [0.1, 0.15) is 36.7 Å². The number of pyridine rings is 1. The molecule has 0 saturated heterocycles. The molecular weight excluding hydrogens is 262 g/mol. The molecular formula is C14H15NO3S. The van der Waals surface area contributed by atoms with Crippen molar-refractivity contribution < 1.29 is 9.90 Å². The summed E-state index contributed by atoms with van der Waals surface area (Å²) in [5, 5.41) is 11.0. The molecule has 2 rings (SSSR count). The van der Waals surface area contributed by atoms with E-state index in [2.05, 4.69) is 0 Å². The standard InChI is InChI=1S/C14H15NO3S/c1-3-9(2)15-11(12-5-4-8-19-12)7-6-10(13(15)16)14(17)18/h4-9H,3H2,1-2H3,(H,17,18).